The third-order valence-corrected chi connectivity index (χ3v) is 2.69. The van der Waals surface area contributed by atoms with Crippen molar-refractivity contribution in [3.05, 3.63) is 53.6 Å². The highest BCUT2D eigenvalue weighted by molar-refractivity contribution is 6.18. The first-order chi connectivity index (χ1) is 9.78. The highest BCUT2D eigenvalue weighted by Crippen LogP contribution is 2.13. The number of rotatable bonds is 4. The predicted octanol–water partition coefficient (Wildman–Crippen LogP) is 3.34. The summed E-state index contributed by atoms with van der Waals surface area (Å²) < 4.78 is 5.70. The molecule has 2 heterocycles. The maximum atomic E-state index is 5.70. The van der Waals surface area contributed by atoms with E-state index in [1.54, 1.807) is 18.6 Å². The first-order valence-electron chi connectivity index (χ1n) is 6.31. The second kappa shape index (κ2) is 7.52. The summed E-state index contributed by atoms with van der Waals surface area (Å²) in [5, 5.41) is 0. The van der Waals surface area contributed by atoms with Gasteiger partial charge in [0, 0.05) is 42.0 Å². The molecule has 2 aromatic heterocycles. The Morgan fingerprint density at radius 2 is 2.00 bits per heavy atom. The maximum absolute atomic E-state index is 5.70. The van der Waals surface area contributed by atoms with Crippen molar-refractivity contribution in [2.24, 2.45) is 0 Å². The summed E-state index contributed by atoms with van der Waals surface area (Å²) in [5.74, 6) is 7.21. The van der Waals surface area contributed by atoms with E-state index >= 15 is 0 Å². The lowest BCUT2D eigenvalue weighted by atomic mass is 10.2. The molecule has 0 atom stereocenters. The summed E-state index contributed by atoms with van der Waals surface area (Å²) in [4.78, 5) is 8.25. The number of pyridine rings is 2. The highest BCUT2D eigenvalue weighted by atomic mass is 35.5. The molecule has 0 amide bonds. The number of aromatic nitrogens is 2. The number of hydrogen-bond donors (Lipinski definition) is 0. The fraction of sp³-hybridized carbons (Fsp3) is 0.250. The molecule has 20 heavy (non-hydrogen) atoms. The number of hydrogen-bond acceptors (Lipinski definition) is 3. The van der Waals surface area contributed by atoms with Gasteiger partial charge in [-0.1, -0.05) is 11.8 Å². The lowest BCUT2D eigenvalue weighted by Gasteiger charge is -2.06. The van der Waals surface area contributed by atoms with Crippen molar-refractivity contribution >= 4 is 11.6 Å². The summed E-state index contributed by atoms with van der Waals surface area (Å²) in [6.07, 6.45) is 7.67. The van der Waals surface area contributed by atoms with Gasteiger partial charge in [0.2, 0.25) is 0 Å². The Morgan fingerprint density at radius 3 is 2.80 bits per heavy atom. The van der Waals surface area contributed by atoms with Crippen molar-refractivity contribution < 1.29 is 4.74 Å². The van der Waals surface area contributed by atoms with Gasteiger partial charge in [-0.05, 0) is 24.6 Å². The molecule has 3 nitrogen and oxygen atoms in total. The smallest absolute Gasteiger partial charge is 0.139 e. The largest absolute Gasteiger partial charge is 0.487 e. The van der Waals surface area contributed by atoms with Crippen LogP contribution in [0.5, 0.6) is 5.75 Å². The van der Waals surface area contributed by atoms with E-state index in [1.165, 1.54) is 0 Å². The van der Waals surface area contributed by atoms with Gasteiger partial charge in [0.1, 0.15) is 12.4 Å². The zero-order valence-corrected chi connectivity index (χ0v) is 12.0. The van der Waals surface area contributed by atoms with Gasteiger partial charge in [0.15, 0.2) is 0 Å². The molecule has 0 aliphatic carbocycles. The summed E-state index contributed by atoms with van der Waals surface area (Å²) in [5.41, 5.74) is 2.98. The number of halogens is 1. The van der Waals surface area contributed by atoms with Crippen LogP contribution in [0.1, 0.15) is 23.1 Å². The normalized spacial score (nSPS) is 9.70. The molecule has 2 aromatic rings. The van der Waals surface area contributed by atoms with E-state index in [4.69, 9.17) is 16.3 Å². The third kappa shape index (κ3) is 4.56. The summed E-state index contributed by atoms with van der Waals surface area (Å²) in [6, 6.07) is 3.92. The number of ether oxygens (including phenoxy) is 1. The molecule has 0 unspecified atom stereocenters. The van der Waals surface area contributed by atoms with Crippen LogP contribution in [0.3, 0.4) is 0 Å². The second-order valence-corrected chi connectivity index (χ2v) is 4.69. The van der Waals surface area contributed by atoms with Crippen LogP contribution >= 0.6 is 11.6 Å². The quantitative estimate of drug-likeness (QED) is 0.639. The number of nitrogens with zero attached hydrogens (tertiary/aromatic N) is 2. The van der Waals surface area contributed by atoms with Crippen molar-refractivity contribution in [3.63, 3.8) is 0 Å². The van der Waals surface area contributed by atoms with E-state index in [1.807, 2.05) is 25.3 Å². The molecule has 102 valence electrons. The van der Waals surface area contributed by atoms with E-state index in [0.29, 0.717) is 24.7 Å². The van der Waals surface area contributed by atoms with Gasteiger partial charge in [-0.15, -0.1) is 11.6 Å². The number of alkyl halides is 1. The molecule has 0 aliphatic heterocycles. The zero-order valence-electron chi connectivity index (χ0n) is 11.3. The molecular formula is C16H15ClN2O. The van der Waals surface area contributed by atoms with Gasteiger partial charge >= 0.3 is 0 Å². The Morgan fingerprint density at radius 1 is 1.15 bits per heavy atom. The van der Waals surface area contributed by atoms with Gasteiger partial charge in [-0.3, -0.25) is 9.97 Å². The minimum absolute atomic E-state index is 0.467. The van der Waals surface area contributed by atoms with Gasteiger partial charge in [-0.25, -0.2) is 0 Å². The Kier molecular flexibility index (Phi) is 5.40. The van der Waals surface area contributed by atoms with Gasteiger partial charge in [-0.2, -0.15) is 0 Å². The Labute approximate surface area is 124 Å². The molecule has 0 spiro atoms. The molecule has 0 fully saturated rings. The van der Waals surface area contributed by atoms with Crippen LogP contribution in [0.25, 0.3) is 0 Å². The van der Waals surface area contributed by atoms with Crippen LogP contribution in [-0.2, 0) is 6.61 Å². The molecule has 4 heteroatoms. The third-order valence-electron chi connectivity index (χ3n) is 2.50. The fourth-order valence-electron chi connectivity index (χ4n) is 1.64. The second-order valence-electron chi connectivity index (χ2n) is 4.31. The van der Waals surface area contributed by atoms with Crippen molar-refractivity contribution in [2.45, 2.75) is 20.0 Å². The van der Waals surface area contributed by atoms with Crippen molar-refractivity contribution in [1.29, 1.82) is 0 Å². The van der Waals surface area contributed by atoms with E-state index in [9.17, 15) is 0 Å². The minimum Gasteiger partial charge on any atom is -0.487 e. The topological polar surface area (TPSA) is 35.0 Å². The van der Waals surface area contributed by atoms with Crippen LogP contribution in [-0.4, -0.2) is 15.8 Å². The lowest BCUT2D eigenvalue weighted by Crippen LogP contribution is -1.97. The van der Waals surface area contributed by atoms with E-state index in [2.05, 4.69) is 21.8 Å². The van der Waals surface area contributed by atoms with Crippen LogP contribution < -0.4 is 4.74 Å². The highest BCUT2D eigenvalue weighted by Gasteiger charge is 1.98. The Balaban J connectivity index is 2.00. The molecule has 0 saturated heterocycles. The number of aryl methyl sites for hydroxylation is 1. The molecular weight excluding hydrogens is 272 g/mol. The first kappa shape index (κ1) is 14.4. The van der Waals surface area contributed by atoms with E-state index in [0.717, 1.165) is 16.7 Å². The zero-order chi connectivity index (χ0) is 14.2. The summed E-state index contributed by atoms with van der Waals surface area (Å²) >= 11 is 5.58. The van der Waals surface area contributed by atoms with Crippen molar-refractivity contribution in [1.82, 2.24) is 9.97 Å². The monoisotopic (exact) mass is 286 g/mol. The van der Waals surface area contributed by atoms with Crippen LogP contribution in [0.4, 0.5) is 0 Å². The first-order valence-corrected chi connectivity index (χ1v) is 6.84. The predicted molar refractivity (Wildman–Crippen MR) is 79.8 cm³/mol. The van der Waals surface area contributed by atoms with Gasteiger partial charge in [0.25, 0.3) is 0 Å². The summed E-state index contributed by atoms with van der Waals surface area (Å²) in [7, 11) is 0. The van der Waals surface area contributed by atoms with Gasteiger partial charge in [0.05, 0.1) is 6.20 Å². The molecule has 0 bridgehead atoms. The van der Waals surface area contributed by atoms with Crippen molar-refractivity contribution in [2.75, 3.05) is 5.88 Å². The molecule has 0 aromatic carbocycles. The van der Waals surface area contributed by atoms with Gasteiger partial charge < -0.3 is 4.74 Å². The Hall–Kier alpha value is -2.05. The molecule has 0 N–H and O–H groups in total. The average Bonchev–Trinajstić information content (AvgIpc) is 2.46. The maximum Gasteiger partial charge on any atom is 0.139 e. The van der Waals surface area contributed by atoms with Crippen LogP contribution in [0.15, 0.2) is 36.9 Å². The fourth-order valence-corrected chi connectivity index (χ4v) is 1.74. The molecule has 0 saturated carbocycles. The van der Waals surface area contributed by atoms with Crippen LogP contribution in [0.2, 0.25) is 0 Å². The molecule has 0 aliphatic rings. The average molecular weight is 287 g/mol. The van der Waals surface area contributed by atoms with E-state index < -0.39 is 0 Å². The molecule has 2 rings (SSSR count). The summed E-state index contributed by atoms with van der Waals surface area (Å²) in [6.45, 7) is 2.47. The lowest BCUT2D eigenvalue weighted by molar-refractivity contribution is 0.304. The minimum atomic E-state index is 0.467. The Bertz CT molecular complexity index is 632. The van der Waals surface area contributed by atoms with Crippen molar-refractivity contribution in [3.8, 4) is 17.6 Å². The molecule has 0 radical (unpaired) electrons. The standard InChI is InChI=1S/C16H15ClN2O/c1-13-6-15(10-18-8-13)12-20-16-7-14(9-19-11-16)4-2-3-5-17/h6-11H,3,5,12H2,1H3. The SMILES string of the molecule is Cc1cncc(COc2cncc(C#CCCCl)c2)c1. The van der Waals surface area contributed by atoms with Crippen LogP contribution in [0, 0.1) is 18.8 Å². The van der Waals surface area contributed by atoms with E-state index in [-0.39, 0.29) is 0 Å².